The molecule has 1 atom stereocenters. The Hall–Kier alpha value is -2.32. The van der Waals surface area contributed by atoms with Gasteiger partial charge in [-0.25, -0.2) is 9.59 Å². The second kappa shape index (κ2) is 8.86. The number of hydrogen-bond donors (Lipinski definition) is 1. The number of nitrogens with zero attached hydrogens (tertiary/aromatic N) is 1. The summed E-state index contributed by atoms with van der Waals surface area (Å²) in [6, 6.07) is 0. The summed E-state index contributed by atoms with van der Waals surface area (Å²) in [7, 11) is 1.48. The Bertz CT molecular complexity index is 556. The Kier molecular flexibility index (Phi) is 7.41. The molecule has 26 heavy (non-hydrogen) atoms. The highest BCUT2D eigenvalue weighted by atomic mass is 16.7. The molecule has 1 aliphatic carbocycles. The van der Waals surface area contributed by atoms with Gasteiger partial charge in [0.2, 0.25) is 6.79 Å². The van der Waals surface area contributed by atoms with Crippen LogP contribution in [0.3, 0.4) is 0 Å². The summed E-state index contributed by atoms with van der Waals surface area (Å²) >= 11 is 0. The van der Waals surface area contributed by atoms with Crippen LogP contribution in [-0.4, -0.2) is 60.4 Å². The van der Waals surface area contributed by atoms with Crippen LogP contribution < -0.4 is 5.32 Å². The van der Waals surface area contributed by atoms with E-state index in [0.29, 0.717) is 12.8 Å². The molecule has 0 aromatic rings. The summed E-state index contributed by atoms with van der Waals surface area (Å²) in [5, 5.41) is 2.23. The molecule has 1 saturated carbocycles. The number of ether oxygens (including phenoxy) is 3. The van der Waals surface area contributed by atoms with Gasteiger partial charge in [-0.05, 0) is 40.5 Å². The van der Waals surface area contributed by atoms with E-state index in [4.69, 9.17) is 14.2 Å². The summed E-state index contributed by atoms with van der Waals surface area (Å²) in [4.78, 5) is 48.4. The molecule has 2 amide bonds. The molecular formula is C17H28N2O7. The number of esters is 1. The van der Waals surface area contributed by atoms with E-state index in [-0.39, 0.29) is 5.78 Å². The molecule has 0 heterocycles. The molecule has 1 rings (SSSR count). The first-order valence-electron chi connectivity index (χ1n) is 8.52. The van der Waals surface area contributed by atoms with Crippen LogP contribution in [0.4, 0.5) is 9.59 Å². The fourth-order valence-corrected chi connectivity index (χ4v) is 2.47. The van der Waals surface area contributed by atoms with E-state index in [9.17, 15) is 19.2 Å². The van der Waals surface area contributed by atoms with Gasteiger partial charge in [0.05, 0.1) is 0 Å². The van der Waals surface area contributed by atoms with Gasteiger partial charge in [-0.2, -0.15) is 0 Å². The average molecular weight is 372 g/mol. The second-order valence-corrected chi connectivity index (χ2v) is 7.36. The SMILES string of the molecule is CN(C(=O)OCOC(=O)CNC(=O)OC(C)(C)C)[C@]1(C)CCCCC1=O. The lowest BCUT2D eigenvalue weighted by Gasteiger charge is -2.39. The minimum atomic E-state index is -0.905. The van der Waals surface area contributed by atoms with E-state index < -0.39 is 42.6 Å². The summed E-state index contributed by atoms with van der Waals surface area (Å²) in [5.74, 6) is -0.798. The minimum absolute atomic E-state index is 0.0123. The number of ketones is 1. The molecule has 1 N–H and O–H groups in total. The van der Waals surface area contributed by atoms with Crippen molar-refractivity contribution in [1.82, 2.24) is 10.2 Å². The molecule has 0 aliphatic heterocycles. The predicted octanol–water partition coefficient (Wildman–Crippen LogP) is 1.98. The highest BCUT2D eigenvalue weighted by molar-refractivity contribution is 5.91. The van der Waals surface area contributed by atoms with Crippen LogP contribution in [0, 0.1) is 0 Å². The summed E-state index contributed by atoms with van der Waals surface area (Å²) in [6.45, 7) is 5.75. The zero-order chi connectivity index (χ0) is 20.0. The van der Waals surface area contributed by atoms with Crippen molar-refractivity contribution in [2.24, 2.45) is 0 Å². The first kappa shape index (κ1) is 21.7. The molecule has 0 aromatic carbocycles. The van der Waals surface area contributed by atoms with E-state index in [1.54, 1.807) is 27.7 Å². The maximum atomic E-state index is 12.1. The Balaban J connectivity index is 2.33. The molecule has 9 heteroatoms. The van der Waals surface area contributed by atoms with Gasteiger partial charge >= 0.3 is 18.2 Å². The van der Waals surface area contributed by atoms with E-state index >= 15 is 0 Å². The summed E-state index contributed by atoms with van der Waals surface area (Å²) in [6.07, 6.45) is 1.16. The van der Waals surface area contributed by atoms with Crippen molar-refractivity contribution in [3.8, 4) is 0 Å². The van der Waals surface area contributed by atoms with Crippen LogP contribution in [-0.2, 0) is 23.8 Å². The average Bonchev–Trinajstić information content (AvgIpc) is 2.53. The molecule has 1 fully saturated rings. The van der Waals surface area contributed by atoms with Crippen molar-refractivity contribution in [2.45, 2.75) is 64.5 Å². The lowest BCUT2D eigenvalue weighted by atomic mass is 9.81. The normalized spacial score (nSPS) is 20.1. The van der Waals surface area contributed by atoms with E-state index in [1.807, 2.05) is 0 Å². The number of carbonyl (C=O) groups is 4. The third-order valence-electron chi connectivity index (χ3n) is 4.11. The Morgan fingerprint density at radius 1 is 1.19 bits per heavy atom. The molecule has 148 valence electrons. The summed E-state index contributed by atoms with van der Waals surface area (Å²) in [5.41, 5.74) is -1.58. The Morgan fingerprint density at radius 3 is 2.42 bits per heavy atom. The second-order valence-electron chi connectivity index (χ2n) is 7.36. The van der Waals surface area contributed by atoms with E-state index in [2.05, 4.69) is 5.32 Å². The van der Waals surface area contributed by atoms with Gasteiger partial charge in [-0.3, -0.25) is 14.5 Å². The van der Waals surface area contributed by atoms with Crippen LogP contribution >= 0.6 is 0 Å². The predicted molar refractivity (Wildman–Crippen MR) is 91.3 cm³/mol. The zero-order valence-corrected chi connectivity index (χ0v) is 16.0. The van der Waals surface area contributed by atoms with Gasteiger partial charge in [0.15, 0.2) is 5.78 Å². The number of alkyl carbamates (subject to hydrolysis) is 1. The molecule has 1 aliphatic rings. The highest BCUT2D eigenvalue weighted by Crippen LogP contribution is 2.29. The largest absolute Gasteiger partial charge is 0.444 e. The van der Waals surface area contributed by atoms with Gasteiger partial charge in [0.25, 0.3) is 0 Å². The number of amides is 2. The van der Waals surface area contributed by atoms with Gasteiger partial charge in [0.1, 0.15) is 17.7 Å². The van der Waals surface area contributed by atoms with Crippen molar-refractivity contribution in [3.05, 3.63) is 0 Å². The quantitative estimate of drug-likeness (QED) is 0.580. The third kappa shape index (κ3) is 6.53. The first-order valence-corrected chi connectivity index (χ1v) is 8.52. The molecule has 9 nitrogen and oxygen atoms in total. The van der Waals surface area contributed by atoms with Crippen LogP contribution in [0.15, 0.2) is 0 Å². The van der Waals surface area contributed by atoms with E-state index in [0.717, 1.165) is 12.8 Å². The molecule has 0 unspecified atom stereocenters. The van der Waals surface area contributed by atoms with Gasteiger partial charge in [0, 0.05) is 13.5 Å². The van der Waals surface area contributed by atoms with Gasteiger partial charge in [-0.15, -0.1) is 0 Å². The smallest absolute Gasteiger partial charge is 0.413 e. The molecule has 0 aromatic heterocycles. The van der Waals surface area contributed by atoms with Crippen LogP contribution in [0.2, 0.25) is 0 Å². The Morgan fingerprint density at radius 2 is 1.85 bits per heavy atom. The number of hydrogen-bond acceptors (Lipinski definition) is 7. The lowest BCUT2D eigenvalue weighted by molar-refractivity contribution is -0.152. The maximum absolute atomic E-state index is 12.1. The minimum Gasteiger partial charge on any atom is -0.444 e. The maximum Gasteiger partial charge on any atom is 0.413 e. The summed E-state index contributed by atoms with van der Waals surface area (Å²) < 4.78 is 14.6. The van der Waals surface area contributed by atoms with Crippen molar-refractivity contribution >= 4 is 23.9 Å². The van der Waals surface area contributed by atoms with Crippen molar-refractivity contribution in [2.75, 3.05) is 20.4 Å². The third-order valence-corrected chi connectivity index (χ3v) is 4.11. The molecule has 0 saturated heterocycles. The topological polar surface area (TPSA) is 111 Å². The molecule has 0 bridgehead atoms. The lowest BCUT2D eigenvalue weighted by Crippen LogP contribution is -2.54. The Labute approximate surface area is 153 Å². The van der Waals surface area contributed by atoms with Crippen molar-refractivity contribution in [1.29, 1.82) is 0 Å². The number of carbonyl (C=O) groups excluding carboxylic acids is 4. The molecular weight excluding hydrogens is 344 g/mol. The van der Waals surface area contributed by atoms with Crippen LogP contribution in [0.25, 0.3) is 0 Å². The van der Waals surface area contributed by atoms with Crippen LogP contribution in [0.5, 0.6) is 0 Å². The first-order chi connectivity index (χ1) is 12.0. The fourth-order valence-electron chi connectivity index (χ4n) is 2.47. The number of rotatable bonds is 5. The molecule has 0 radical (unpaired) electrons. The standard InChI is InChI=1S/C17H28N2O7/c1-16(2,3)26-14(22)18-10-13(21)24-11-25-15(23)19(5)17(4)9-7-6-8-12(17)20/h6-11H2,1-5H3,(H,18,22)/t17-/m1/s1. The highest BCUT2D eigenvalue weighted by Gasteiger charge is 2.41. The fraction of sp³-hybridized carbons (Fsp3) is 0.765. The van der Waals surface area contributed by atoms with Crippen molar-refractivity contribution in [3.63, 3.8) is 0 Å². The molecule has 0 spiro atoms. The van der Waals surface area contributed by atoms with Gasteiger partial charge in [-0.1, -0.05) is 6.42 Å². The van der Waals surface area contributed by atoms with Crippen LogP contribution in [0.1, 0.15) is 53.4 Å². The van der Waals surface area contributed by atoms with E-state index in [1.165, 1.54) is 11.9 Å². The monoisotopic (exact) mass is 372 g/mol. The number of Topliss-reactive ketones (excluding diaryl/α,β-unsaturated/α-hetero) is 1. The zero-order valence-electron chi connectivity index (χ0n) is 16.0. The van der Waals surface area contributed by atoms with Gasteiger partial charge < -0.3 is 19.5 Å². The number of nitrogens with one attached hydrogen (secondary N) is 1. The number of likely N-dealkylation sites (N-methyl/N-ethyl adjacent to an activating group) is 1. The van der Waals surface area contributed by atoms with Crippen molar-refractivity contribution < 1.29 is 33.4 Å².